The Balaban J connectivity index is 1.71. The summed E-state index contributed by atoms with van der Waals surface area (Å²) in [7, 11) is 0. The third kappa shape index (κ3) is 3.69. The molecule has 2 aromatic rings. The van der Waals surface area contributed by atoms with Crippen LogP contribution in [-0.2, 0) is 6.54 Å². The van der Waals surface area contributed by atoms with Gasteiger partial charge in [0.15, 0.2) is 0 Å². The van der Waals surface area contributed by atoms with Crippen molar-refractivity contribution >= 4 is 0 Å². The van der Waals surface area contributed by atoms with Gasteiger partial charge in [-0.15, -0.1) is 0 Å². The summed E-state index contributed by atoms with van der Waals surface area (Å²) in [5.74, 6) is -0.177. The van der Waals surface area contributed by atoms with Gasteiger partial charge in [-0.25, -0.2) is 4.39 Å². The molecule has 1 aliphatic rings. The summed E-state index contributed by atoms with van der Waals surface area (Å²) in [5, 5.41) is 3.60. The van der Waals surface area contributed by atoms with Gasteiger partial charge in [0.05, 0.1) is 0 Å². The first-order valence-electron chi connectivity index (χ1n) is 7.48. The highest BCUT2D eigenvalue weighted by Gasteiger charge is 2.24. The summed E-state index contributed by atoms with van der Waals surface area (Å²) >= 11 is 0. The number of halogens is 1. The molecule has 3 rings (SSSR count). The predicted octanol–water partition coefficient (Wildman–Crippen LogP) is 3.36. The molecule has 1 heterocycles. The van der Waals surface area contributed by atoms with Crippen molar-refractivity contribution in [2.24, 2.45) is 0 Å². The van der Waals surface area contributed by atoms with Gasteiger partial charge in [0.1, 0.15) is 5.82 Å². The van der Waals surface area contributed by atoms with Crippen molar-refractivity contribution in [1.82, 2.24) is 10.2 Å². The Hall–Kier alpha value is -1.71. The van der Waals surface area contributed by atoms with Crippen LogP contribution in [0.2, 0.25) is 0 Å². The Morgan fingerprint density at radius 2 is 1.76 bits per heavy atom. The van der Waals surface area contributed by atoms with E-state index in [2.05, 4.69) is 41.4 Å². The molecule has 0 radical (unpaired) electrons. The summed E-state index contributed by atoms with van der Waals surface area (Å²) < 4.78 is 13.1. The van der Waals surface area contributed by atoms with Crippen LogP contribution in [0.15, 0.2) is 54.6 Å². The van der Waals surface area contributed by atoms with Crippen LogP contribution in [-0.4, -0.2) is 24.0 Å². The van der Waals surface area contributed by atoms with Gasteiger partial charge < -0.3 is 5.32 Å². The molecule has 2 atom stereocenters. The first-order valence-corrected chi connectivity index (χ1v) is 7.48. The van der Waals surface area contributed by atoms with E-state index in [4.69, 9.17) is 0 Å². The largest absolute Gasteiger partial charge is 0.305 e. The quantitative estimate of drug-likeness (QED) is 0.929. The minimum absolute atomic E-state index is 0.177. The van der Waals surface area contributed by atoms with Crippen molar-refractivity contribution in [2.45, 2.75) is 25.6 Å². The number of nitrogens with zero attached hydrogens (tertiary/aromatic N) is 1. The molecule has 1 saturated heterocycles. The van der Waals surface area contributed by atoms with Crippen molar-refractivity contribution < 1.29 is 4.39 Å². The number of hydrogen-bond donors (Lipinski definition) is 1. The van der Waals surface area contributed by atoms with Crippen LogP contribution in [0.5, 0.6) is 0 Å². The fourth-order valence-corrected chi connectivity index (χ4v) is 3.04. The second-order valence-electron chi connectivity index (χ2n) is 5.85. The highest BCUT2D eigenvalue weighted by molar-refractivity contribution is 5.21. The third-order valence-corrected chi connectivity index (χ3v) is 3.98. The van der Waals surface area contributed by atoms with Crippen LogP contribution < -0.4 is 5.32 Å². The maximum atomic E-state index is 13.1. The Kier molecular flexibility index (Phi) is 4.32. The van der Waals surface area contributed by atoms with E-state index in [1.807, 2.05) is 18.2 Å². The highest BCUT2D eigenvalue weighted by atomic mass is 19.1. The van der Waals surface area contributed by atoms with Crippen LogP contribution in [0.4, 0.5) is 4.39 Å². The molecule has 2 nitrogen and oxygen atoms in total. The number of benzene rings is 2. The summed E-state index contributed by atoms with van der Waals surface area (Å²) in [6.07, 6.45) is 0. The smallest absolute Gasteiger partial charge is 0.123 e. The van der Waals surface area contributed by atoms with Crippen LogP contribution in [0.25, 0.3) is 0 Å². The minimum Gasteiger partial charge on any atom is -0.305 e. The number of nitrogens with one attached hydrogen (secondary N) is 1. The number of rotatable bonds is 3. The molecule has 0 aliphatic carbocycles. The van der Waals surface area contributed by atoms with Crippen molar-refractivity contribution in [3.05, 3.63) is 71.5 Å². The molecule has 0 saturated carbocycles. The van der Waals surface area contributed by atoms with Crippen LogP contribution in [0, 0.1) is 5.82 Å². The molecule has 1 aliphatic heterocycles. The van der Waals surface area contributed by atoms with E-state index in [-0.39, 0.29) is 11.9 Å². The van der Waals surface area contributed by atoms with Gasteiger partial charge >= 0.3 is 0 Å². The lowest BCUT2D eigenvalue weighted by Crippen LogP contribution is -2.50. The second kappa shape index (κ2) is 6.37. The fourth-order valence-electron chi connectivity index (χ4n) is 3.04. The molecule has 2 unspecified atom stereocenters. The monoisotopic (exact) mass is 284 g/mol. The lowest BCUT2D eigenvalue weighted by Gasteiger charge is -2.38. The molecule has 0 amide bonds. The molecule has 0 spiro atoms. The van der Waals surface area contributed by atoms with Gasteiger partial charge in [0, 0.05) is 31.7 Å². The van der Waals surface area contributed by atoms with E-state index in [0.717, 1.165) is 25.2 Å². The molecule has 2 aromatic carbocycles. The average Bonchev–Trinajstić information content (AvgIpc) is 2.48. The maximum Gasteiger partial charge on any atom is 0.123 e. The number of piperazine rings is 1. The van der Waals surface area contributed by atoms with E-state index in [1.54, 1.807) is 0 Å². The van der Waals surface area contributed by atoms with E-state index >= 15 is 0 Å². The molecule has 1 fully saturated rings. The van der Waals surface area contributed by atoms with Gasteiger partial charge in [-0.2, -0.15) is 0 Å². The maximum absolute atomic E-state index is 13.1. The summed E-state index contributed by atoms with van der Waals surface area (Å²) in [5.41, 5.74) is 2.49. The summed E-state index contributed by atoms with van der Waals surface area (Å²) in [6, 6.07) is 18.1. The van der Waals surface area contributed by atoms with Gasteiger partial charge in [-0.3, -0.25) is 4.90 Å². The molecule has 3 heteroatoms. The topological polar surface area (TPSA) is 15.3 Å². The lowest BCUT2D eigenvalue weighted by atomic mass is 10.0. The van der Waals surface area contributed by atoms with E-state index in [9.17, 15) is 4.39 Å². The van der Waals surface area contributed by atoms with Crippen molar-refractivity contribution in [1.29, 1.82) is 0 Å². The summed E-state index contributed by atoms with van der Waals surface area (Å²) in [6.45, 7) is 5.15. The van der Waals surface area contributed by atoms with Gasteiger partial charge in [-0.05, 0) is 30.2 Å². The SMILES string of the molecule is CC1CN(Cc2ccccc2)CC(c2ccc(F)cc2)N1. The van der Waals surface area contributed by atoms with Crippen molar-refractivity contribution in [3.63, 3.8) is 0 Å². The molecule has 1 N–H and O–H groups in total. The van der Waals surface area contributed by atoms with Gasteiger partial charge in [0.2, 0.25) is 0 Å². The van der Waals surface area contributed by atoms with E-state index in [1.165, 1.54) is 17.7 Å². The Labute approximate surface area is 125 Å². The second-order valence-corrected chi connectivity index (χ2v) is 5.85. The van der Waals surface area contributed by atoms with Gasteiger partial charge in [-0.1, -0.05) is 42.5 Å². The molecule has 0 bridgehead atoms. The van der Waals surface area contributed by atoms with Crippen LogP contribution >= 0.6 is 0 Å². The Morgan fingerprint density at radius 3 is 2.48 bits per heavy atom. The fraction of sp³-hybridized carbons (Fsp3) is 0.333. The van der Waals surface area contributed by atoms with Crippen molar-refractivity contribution in [3.8, 4) is 0 Å². The zero-order chi connectivity index (χ0) is 14.7. The summed E-state index contributed by atoms with van der Waals surface area (Å²) in [4.78, 5) is 2.46. The average molecular weight is 284 g/mol. The third-order valence-electron chi connectivity index (χ3n) is 3.98. The van der Waals surface area contributed by atoms with Crippen molar-refractivity contribution in [2.75, 3.05) is 13.1 Å². The van der Waals surface area contributed by atoms with Gasteiger partial charge in [0.25, 0.3) is 0 Å². The molecular weight excluding hydrogens is 263 g/mol. The minimum atomic E-state index is -0.177. The zero-order valence-electron chi connectivity index (χ0n) is 12.3. The highest BCUT2D eigenvalue weighted by Crippen LogP contribution is 2.21. The normalized spacial score (nSPS) is 23.1. The first-order chi connectivity index (χ1) is 10.2. The molecule has 110 valence electrons. The standard InChI is InChI=1S/C18H21FN2/c1-14-11-21(12-15-5-3-2-4-6-15)13-18(20-14)16-7-9-17(19)10-8-16/h2-10,14,18,20H,11-13H2,1H3. The van der Waals surface area contributed by atoms with Crippen LogP contribution in [0.3, 0.4) is 0 Å². The molecule has 0 aromatic heterocycles. The van der Waals surface area contributed by atoms with E-state index < -0.39 is 0 Å². The number of hydrogen-bond acceptors (Lipinski definition) is 2. The zero-order valence-corrected chi connectivity index (χ0v) is 12.3. The molecular formula is C18H21FN2. The van der Waals surface area contributed by atoms with Crippen LogP contribution in [0.1, 0.15) is 24.1 Å². The Morgan fingerprint density at radius 1 is 1.05 bits per heavy atom. The predicted molar refractivity (Wildman–Crippen MR) is 83.5 cm³/mol. The Bertz CT molecular complexity index is 568. The molecule has 21 heavy (non-hydrogen) atoms. The van der Waals surface area contributed by atoms with E-state index in [0.29, 0.717) is 6.04 Å². The first kappa shape index (κ1) is 14.2. The lowest BCUT2D eigenvalue weighted by molar-refractivity contribution is 0.160.